The molecule has 98 valence electrons. The summed E-state index contributed by atoms with van der Waals surface area (Å²) in [7, 11) is 0. The summed E-state index contributed by atoms with van der Waals surface area (Å²) in [6.45, 7) is 1.82. The van der Waals surface area contributed by atoms with Crippen LogP contribution in [0, 0.1) is 12.7 Å². The van der Waals surface area contributed by atoms with Crippen LogP contribution in [-0.4, -0.2) is 5.91 Å². The van der Waals surface area contributed by atoms with E-state index in [1.54, 1.807) is 24.3 Å². The fraction of sp³-hybridized carbons (Fsp3) is 0.0714. The van der Waals surface area contributed by atoms with Gasteiger partial charge in [-0.25, -0.2) is 4.39 Å². The van der Waals surface area contributed by atoms with Gasteiger partial charge in [0.25, 0.3) is 5.91 Å². The van der Waals surface area contributed by atoms with E-state index < -0.39 is 11.7 Å². The fourth-order valence-corrected chi connectivity index (χ4v) is 2.05. The van der Waals surface area contributed by atoms with Gasteiger partial charge in [-0.05, 0) is 48.9 Å². The van der Waals surface area contributed by atoms with Crippen LogP contribution >= 0.6 is 15.9 Å². The Morgan fingerprint density at radius 2 is 2.00 bits per heavy atom. The SMILES string of the molecule is Cc1cc(N)ccc1NC(=O)c1cc(Br)ccc1F. The van der Waals surface area contributed by atoms with Gasteiger partial charge in [0.2, 0.25) is 0 Å². The van der Waals surface area contributed by atoms with Crippen molar-refractivity contribution in [2.24, 2.45) is 0 Å². The Labute approximate surface area is 118 Å². The first-order valence-electron chi connectivity index (χ1n) is 5.60. The van der Waals surface area contributed by atoms with Crippen LogP contribution in [0.3, 0.4) is 0 Å². The molecule has 0 aromatic heterocycles. The van der Waals surface area contributed by atoms with E-state index in [1.165, 1.54) is 12.1 Å². The van der Waals surface area contributed by atoms with Gasteiger partial charge in [0.15, 0.2) is 0 Å². The number of rotatable bonds is 2. The second-order valence-corrected chi connectivity index (χ2v) is 5.07. The molecule has 2 rings (SSSR count). The molecule has 5 heteroatoms. The largest absolute Gasteiger partial charge is 0.399 e. The highest BCUT2D eigenvalue weighted by atomic mass is 79.9. The van der Waals surface area contributed by atoms with Crippen LogP contribution in [0.15, 0.2) is 40.9 Å². The Morgan fingerprint density at radius 3 is 2.68 bits per heavy atom. The van der Waals surface area contributed by atoms with Crippen LogP contribution in [-0.2, 0) is 0 Å². The summed E-state index contributed by atoms with van der Waals surface area (Å²) < 4.78 is 14.2. The third-order valence-corrected chi connectivity index (χ3v) is 3.16. The molecule has 0 spiro atoms. The summed E-state index contributed by atoms with van der Waals surface area (Å²) in [5, 5.41) is 2.67. The van der Waals surface area contributed by atoms with Crippen molar-refractivity contribution in [2.45, 2.75) is 6.92 Å². The van der Waals surface area contributed by atoms with E-state index in [0.717, 1.165) is 5.56 Å². The lowest BCUT2D eigenvalue weighted by Crippen LogP contribution is -2.14. The number of benzene rings is 2. The van der Waals surface area contributed by atoms with Gasteiger partial charge >= 0.3 is 0 Å². The molecule has 0 aliphatic rings. The highest BCUT2D eigenvalue weighted by Gasteiger charge is 2.13. The Hall–Kier alpha value is -1.88. The average molecular weight is 323 g/mol. The van der Waals surface area contributed by atoms with Gasteiger partial charge in [0.05, 0.1) is 5.56 Å². The van der Waals surface area contributed by atoms with Crippen LogP contribution in [0.1, 0.15) is 15.9 Å². The van der Waals surface area contributed by atoms with E-state index in [0.29, 0.717) is 15.8 Å². The molecule has 0 heterocycles. The Balaban J connectivity index is 2.28. The van der Waals surface area contributed by atoms with E-state index in [9.17, 15) is 9.18 Å². The van der Waals surface area contributed by atoms with E-state index in [4.69, 9.17) is 5.73 Å². The zero-order valence-electron chi connectivity index (χ0n) is 10.2. The van der Waals surface area contributed by atoms with Crippen LogP contribution < -0.4 is 11.1 Å². The van der Waals surface area contributed by atoms with Crippen molar-refractivity contribution in [1.29, 1.82) is 0 Å². The number of hydrogen-bond donors (Lipinski definition) is 2. The molecule has 0 fully saturated rings. The second kappa shape index (κ2) is 5.40. The van der Waals surface area contributed by atoms with E-state index in [-0.39, 0.29) is 5.56 Å². The standard InChI is InChI=1S/C14H12BrFN2O/c1-8-6-10(17)3-5-13(8)18-14(19)11-7-9(15)2-4-12(11)16/h2-7H,17H2,1H3,(H,18,19). The van der Waals surface area contributed by atoms with Crippen molar-refractivity contribution in [3.8, 4) is 0 Å². The lowest BCUT2D eigenvalue weighted by atomic mass is 10.1. The number of aryl methyl sites for hydroxylation is 1. The van der Waals surface area contributed by atoms with Crippen molar-refractivity contribution in [3.05, 3.63) is 57.8 Å². The maximum Gasteiger partial charge on any atom is 0.258 e. The minimum Gasteiger partial charge on any atom is -0.399 e. The number of anilines is 2. The number of nitrogens with one attached hydrogen (secondary N) is 1. The van der Waals surface area contributed by atoms with Crippen molar-refractivity contribution in [2.75, 3.05) is 11.1 Å². The number of carbonyl (C=O) groups is 1. The quantitative estimate of drug-likeness (QED) is 0.828. The van der Waals surface area contributed by atoms with Crippen LogP contribution in [0.2, 0.25) is 0 Å². The van der Waals surface area contributed by atoms with Crippen molar-refractivity contribution in [3.63, 3.8) is 0 Å². The van der Waals surface area contributed by atoms with Crippen LogP contribution in [0.4, 0.5) is 15.8 Å². The van der Waals surface area contributed by atoms with Crippen LogP contribution in [0.5, 0.6) is 0 Å². The summed E-state index contributed by atoms with van der Waals surface area (Å²) >= 11 is 3.21. The summed E-state index contributed by atoms with van der Waals surface area (Å²) in [5.41, 5.74) is 7.67. The summed E-state index contributed by atoms with van der Waals surface area (Å²) in [5.74, 6) is -1.06. The molecule has 19 heavy (non-hydrogen) atoms. The molecule has 0 aliphatic carbocycles. The normalized spacial score (nSPS) is 10.3. The Morgan fingerprint density at radius 1 is 1.26 bits per heavy atom. The molecule has 0 atom stereocenters. The molecule has 0 saturated heterocycles. The maximum absolute atomic E-state index is 13.6. The molecular formula is C14H12BrFN2O. The highest BCUT2D eigenvalue weighted by Crippen LogP contribution is 2.20. The molecule has 0 radical (unpaired) electrons. The number of halogens is 2. The number of nitrogens with two attached hydrogens (primary N) is 1. The van der Waals surface area contributed by atoms with Gasteiger partial charge in [0, 0.05) is 15.8 Å². The van der Waals surface area contributed by atoms with Gasteiger partial charge in [0.1, 0.15) is 5.82 Å². The first kappa shape index (κ1) is 13.5. The number of nitrogen functional groups attached to an aromatic ring is 1. The maximum atomic E-state index is 13.6. The average Bonchev–Trinajstić information content (AvgIpc) is 2.35. The van der Waals surface area contributed by atoms with Crippen molar-refractivity contribution in [1.82, 2.24) is 0 Å². The predicted molar refractivity (Wildman–Crippen MR) is 77.6 cm³/mol. The summed E-state index contributed by atoms with van der Waals surface area (Å²) in [6.07, 6.45) is 0. The third-order valence-electron chi connectivity index (χ3n) is 2.67. The van der Waals surface area contributed by atoms with Gasteiger partial charge in [-0.2, -0.15) is 0 Å². The van der Waals surface area contributed by atoms with Gasteiger partial charge in [-0.3, -0.25) is 4.79 Å². The zero-order chi connectivity index (χ0) is 14.0. The molecule has 0 bridgehead atoms. The molecule has 0 saturated carbocycles. The fourth-order valence-electron chi connectivity index (χ4n) is 1.69. The van der Waals surface area contributed by atoms with E-state index >= 15 is 0 Å². The predicted octanol–water partition coefficient (Wildman–Crippen LogP) is 3.73. The zero-order valence-corrected chi connectivity index (χ0v) is 11.8. The molecule has 2 aromatic carbocycles. The molecular weight excluding hydrogens is 311 g/mol. The minimum absolute atomic E-state index is 0.00870. The number of carbonyl (C=O) groups excluding carboxylic acids is 1. The van der Waals surface area contributed by atoms with E-state index in [1.807, 2.05) is 6.92 Å². The molecule has 2 aromatic rings. The summed E-state index contributed by atoms with van der Waals surface area (Å²) in [4.78, 5) is 12.0. The topological polar surface area (TPSA) is 55.1 Å². The molecule has 3 N–H and O–H groups in total. The number of amides is 1. The summed E-state index contributed by atoms with van der Waals surface area (Å²) in [6, 6.07) is 9.35. The van der Waals surface area contributed by atoms with Crippen molar-refractivity contribution >= 4 is 33.2 Å². The Kier molecular flexibility index (Phi) is 3.85. The van der Waals surface area contributed by atoms with Gasteiger partial charge < -0.3 is 11.1 Å². The second-order valence-electron chi connectivity index (χ2n) is 4.15. The lowest BCUT2D eigenvalue weighted by Gasteiger charge is -2.09. The van der Waals surface area contributed by atoms with Crippen molar-refractivity contribution < 1.29 is 9.18 Å². The molecule has 0 aliphatic heterocycles. The Bertz CT molecular complexity index is 643. The smallest absolute Gasteiger partial charge is 0.258 e. The van der Waals surface area contributed by atoms with Crippen LogP contribution in [0.25, 0.3) is 0 Å². The van der Waals surface area contributed by atoms with Gasteiger partial charge in [-0.15, -0.1) is 0 Å². The monoisotopic (exact) mass is 322 g/mol. The molecule has 0 unspecified atom stereocenters. The molecule has 3 nitrogen and oxygen atoms in total. The first-order valence-corrected chi connectivity index (χ1v) is 6.39. The highest BCUT2D eigenvalue weighted by molar-refractivity contribution is 9.10. The minimum atomic E-state index is -0.561. The first-order chi connectivity index (χ1) is 8.97. The van der Waals surface area contributed by atoms with Gasteiger partial charge in [-0.1, -0.05) is 15.9 Å². The molecule has 1 amide bonds. The van der Waals surface area contributed by atoms with E-state index in [2.05, 4.69) is 21.2 Å². The lowest BCUT2D eigenvalue weighted by molar-refractivity contribution is 0.102. The number of hydrogen-bond acceptors (Lipinski definition) is 2. The third kappa shape index (κ3) is 3.12.